The number of hydrogen-bond acceptors (Lipinski definition) is 3. The molecule has 1 aromatic heterocycles. The summed E-state index contributed by atoms with van der Waals surface area (Å²) in [7, 11) is 0. The van der Waals surface area contributed by atoms with Gasteiger partial charge in [-0.15, -0.1) is 0 Å². The Bertz CT molecular complexity index is 1120. The van der Waals surface area contributed by atoms with Gasteiger partial charge in [0.25, 0.3) is 0 Å². The van der Waals surface area contributed by atoms with E-state index >= 15 is 0 Å². The fourth-order valence-corrected chi connectivity index (χ4v) is 3.00. The van der Waals surface area contributed by atoms with Crippen molar-refractivity contribution in [2.24, 2.45) is 5.41 Å². The Morgan fingerprint density at radius 1 is 0.933 bits per heavy atom. The van der Waals surface area contributed by atoms with E-state index in [4.69, 9.17) is 11.6 Å². The highest BCUT2D eigenvalue weighted by atomic mass is 35.5. The molecule has 30 heavy (non-hydrogen) atoms. The lowest BCUT2D eigenvalue weighted by Gasteiger charge is -2.21. The van der Waals surface area contributed by atoms with E-state index < -0.39 is 34.3 Å². The molecule has 4 nitrogen and oxygen atoms in total. The molecule has 0 fully saturated rings. The van der Waals surface area contributed by atoms with Crippen molar-refractivity contribution in [3.05, 3.63) is 82.5 Å². The van der Waals surface area contributed by atoms with Gasteiger partial charge in [0.1, 0.15) is 17.3 Å². The van der Waals surface area contributed by atoms with Crippen LogP contribution in [0, 0.1) is 17.0 Å². The van der Waals surface area contributed by atoms with Crippen molar-refractivity contribution in [1.29, 1.82) is 0 Å². The topological polar surface area (TPSA) is 59.1 Å². The van der Waals surface area contributed by atoms with Crippen molar-refractivity contribution >= 4 is 29.0 Å². The summed E-state index contributed by atoms with van der Waals surface area (Å²) in [5, 5.41) is 2.86. The Labute approximate surface area is 177 Å². The smallest absolute Gasteiger partial charge is 0.229 e. The van der Waals surface area contributed by atoms with Gasteiger partial charge in [-0.2, -0.15) is 0 Å². The number of benzene rings is 2. The molecule has 2 aromatic carbocycles. The molecule has 1 amide bonds. The fourth-order valence-electron chi connectivity index (χ4n) is 2.78. The SMILES string of the molecule is CC(C)(C)C(=O)Nc1c(C(=O)c2ccccc2Cl)ccnc1-c1c(F)cccc1F. The van der Waals surface area contributed by atoms with Crippen LogP contribution in [0.5, 0.6) is 0 Å². The molecule has 1 N–H and O–H groups in total. The minimum Gasteiger partial charge on any atom is -0.323 e. The largest absolute Gasteiger partial charge is 0.323 e. The van der Waals surface area contributed by atoms with Crippen LogP contribution in [0.15, 0.2) is 54.7 Å². The number of rotatable bonds is 4. The molecule has 3 rings (SSSR count). The lowest BCUT2D eigenvalue weighted by atomic mass is 9.94. The lowest BCUT2D eigenvalue weighted by Crippen LogP contribution is -2.29. The van der Waals surface area contributed by atoms with Gasteiger partial charge >= 0.3 is 0 Å². The number of amides is 1. The van der Waals surface area contributed by atoms with Crippen LogP contribution in [0.3, 0.4) is 0 Å². The van der Waals surface area contributed by atoms with E-state index in [0.717, 1.165) is 12.1 Å². The molecule has 0 aliphatic carbocycles. The average molecular weight is 429 g/mol. The van der Waals surface area contributed by atoms with Crippen LogP contribution in [-0.2, 0) is 4.79 Å². The summed E-state index contributed by atoms with van der Waals surface area (Å²) < 4.78 is 29.0. The first-order valence-corrected chi connectivity index (χ1v) is 9.53. The van der Waals surface area contributed by atoms with Crippen LogP contribution >= 0.6 is 11.6 Å². The molecule has 154 valence electrons. The zero-order valence-corrected chi connectivity index (χ0v) is 17.3. The van der Waals surface area contributed by atoms with Gasteiger partial charge in [0.2, 0.25) is 5.91 Å². The van der Waals surface area contributed by atoms with Crippen molar-refractivity contribution in [3.8, 4) is 11.3 Å². The Morgan fingerprint density at radius 2 is 1.57 bits per heavy atom. The predicted octanol–water partition coefficient (Wildman–Crippen LogP) is 5.90. The summed E-state index contributed by atoms with van der Waals surface area (Å²) in [6.07, 6.45) is 1.26. The van der Waals surface area contributed by atoms with Crippen molar-refractivity contribution in [3.63, 3.8) is 0 Å². The summed E-state index contributed by atoms with van der Waals surface area (Å²) in [6, 6.07) is 11.2. The fraction of sp³-hybridized carbons (Fsp3) is 0.174. The molecule has 0 aliphatic rings. The second-order valence-corrected chi connectivity index (χ2v) is 8.10. The molecule has 1 heterocycles. The highest BCUT2D eigenvalue weighted by Gasteiger charge is 2.28. The minimum atomic E-state index is -0.865. The number of halogens is 3. The zero-order chi connectivity index (χ0) is 22.1. The summed E-state index contributed by atoms with van der Waals surface area (Å²) >= 11 is 6.16. The Balaban J connectivity index is 2.27. The number of nitrogens with one attached hydrogen (secondary N) is 1. The summed E-state index contributed by atoms with van der Waals surface area (Å²) in [5.74, 6) is -2.68. The van der Waals surface area contributed by atoms with Gasteiger partial charge < -0.3 is 5.32 Å². The van der Waals surface area contributed by atoms with Gasteiger partial charge in [-0.1, -0.05) is 50.6 Å². The maximum absolute atomic E-state index is 14.5. The minimum absolute atomic E-state index is 0.0216. The summed E-state index contributed by atoms with van der Waals surface area (Å²) in [5.41, 5.74) is -1.31. The Kier molecular flexibility index (Phi) is 5.99. The number of hydrogen-bond donors (Lipinski definition) is 1. The van der Waals surface area contributed by atoms with Crippen LogP contribution in [0.4, 0.5) is 14.5 Å². The van der Waals surface area contributed by atoms with E-state index in [-0.39, 0.29) is 27.5 Å². The standard InChI is InChI=1S/C23H19ClF2N2O2/c1-23(2,3)22(30)28-19-14(21(29)13-7-4-5-8-15(13)24)11-12-27-20(19)18-16(25)9-6-10-17(18)26/h4-12H,1-3H3,(H,28,30). The molecule has 0 saturated carbocycles. The van der Waals surface area contributed by atoms with Crippen molar-refractivity contribution in [1.82, 2.24) is 4.98 Å². The van der Waals surface area contributed by atoms with Gasteiger partial charge in [-0.05, 0) is 30.3 Å². The third-order valence-corrected chi connectivity index (χ3v) is 4.76. The molecule has 0 radical (unpaired) electrons. The summed E-state index contributed by atoms with van der Waals surface area (Å²) in [6.45, 7) is 5.03. The second-order valence-electron chi connectivity index (χ2n) is 7.69. The molecule has 0 bridgehead atoms. The molecule has 0 spiro atoms. The Hall–Kier alpha value is -3.12. The van der Waals surface area contributed by atoms with E-state index in [9.17, 15) is 18.4 Å². The number of carbonyl (C=O) groups excluding carboxylic acids is 2. The highest BCUT2D eigenvalue weighted by Crippen LogP contribution is 2.35. The van der Waals surface area contributed by atoms with Crippen LogP contribution in [0.25, 0.3) is 11.3 Å². The van der Waals surface area contributed by atoms with E-state index in [1.165, 1.54) is 24.4 Å². The van der Waals surface area contributed by atoms with Crippen LogP contribution < -0.4 is 5.32 Å². The van der Waals surface area contributed by atoms with Crippen LogP contribution in [-0.4, -0.2) is 16.7 Å². The number of aromatic nitrogens is 1. The number of carbonyl (C=O) groups is 2. The predicted molar refractivity (Wildman–Crippen MR) is 113 cm³/mol. The van der Waals surface area contributed by atoms with Gasteiger partial charge in [0, 0.05) is 22.7 Å². The number of anilines is 1. The monoisotopic (exact) mass is 428 g/mol. The second kappa shape index (κ2) is 8.32. The third kappa shape index (κ3) is 4.24. The molecular weight excluding hydrogens is 410 g/mol. The normalized spacial score (nSPS) is 11.3. The first kappa shape index (κ1) is 21.6. The van der Waals surface area contributed by atoms with Gasteiger partial charge in [-0.3, -0.25) is 14.6 Å². The number of pyridine rings is 1. The lowest BCUT2D eigenvalue weighted by molar-refractivity contribution is -0.123. The molecule has 0 saturated heterocycles. The van der Waals surface area contributed by atoms with Crippen LogP contribution in [0.1, 0.15) is 36.7 Å². The van der Waals surface area contributed by atoms with Gasteiger partial charge in [0.15, 0.2) is 5.78 Å². The number of ketones is 1. The molecule has 0 aliphatic heterocycles. The Morgan fingerprint density at radius 3 is 2.17 bits per heavy atom. The zero-order valence-electron chi connectivity index (χ0n) is 16.6. The average Bonchev–Trinajstić information content (AvgIpc) is 2.68. The molecule has 3 aromatic rings. The van der Waals surface area contributed by atoms with Crippen molar-refractivity contribution in [2.75, 3.05) is 5.32 Å². The number of nitrogens with zero attached hydrogens (tertiary/aromatic N) is 1. The highest BCUT2D eigenvalue weighted by molar-refractivity contribution is 6.35. The molecular formula is C23H19ClF2N2O2. The van der Waals surface area contributed by atoms with E-state index in [2.05, 4.69) is 10.3 Å². The van der Waals surface area contributed by atoms with E-state index in [1.807, 2.05) is 0 Å². The quantitative estimate of drug-likeness (QED) is 0.526. The third-order valence-electron chi connectivity index (χ3n) is 4.43. The molecule has 0 unspecified atom stereocenters. The maximum atomic E-state index is 14.5. The van der Waals surface area contributed by atoms with Gasteiger partial charge in [-0.25, -0.2) is 8.78 Å². The van der Waals surface area contributed by atoms with E-state index in [0.29, 0.717) is 0 Å². The molecule has 0 atom stereocenters. The van der Waals surface area contributed by atoms with Crippen molar-refractivity contribution in [2.45, 2.75) is 20.8 Å². The van der Waals surface area contributed by atoms with Crippen LogP contribution in [0.2, 0.25) is 5.02 Å². The first-order valence-electron chi connectivity index (χ1n) is 9.15. The first-order chi connectivity index (χ1) is 14.1. The molecule has 7 heteroatoms. The maximum Gasteiger partial charge on any atom is 0.229 e. The van der Waals surface area contributed by atoms with Gasteiger partial charge in [0.05, 0.1) is 16.3 Å². The van der Waals surface area contributed by atoms with Crippen molar-refractivity contribution < 1.29 is 18.4 Å². The van der Waals surface area contributed by atoms with E-state index in [1.54, 1.807) is 39.0 Å². The summed E-state index contributed by atoms with van der Waals surface area (Å²) in [4.78, 5) is 30.0.